The zero-order valence-electron chi connectivity index (χ0n) is 16.4. The van der Waals surface area contributed by atoms with Crippen LogP contribution in [0.15, 0.2) is 54.6 Å². The van der Waals surface area contributed by atoms with Gasteiger partial charge in [0.05, 0.1) is 13.2 Å². The third kappa shape index (κ3) is 5.60. The monoisotopic (exact) mass is 432 g/mol. The Morgan fingerprint density at radius 1 is 1.03 bits per heavy atom. The molecule has 2 aromatic carbocycles. The van der Waals surface area contributed by atoms with E-state index in [0.717, 1.165) is 6.08 Å². The first-order chi connectivity index (χ1) is 14.9. The van der Waals surface area contributed by atoms with Gasteiger partial charge in [-0.3, -0.25) is 0 Å². The second-order valence-corrected chi connectivity index (χ2v) is 6.92. The third-order valence-corrected chi connectivity index (χ3v) is 4.77. The molecule has 5 atom stereocenters. The smallest absolute Gasteiger partial charge is 0.331 e. The van der Waals surface area contributed by atoms with Crippen LogP contribution in [-0.4, -0.2) is 68.8 Å². The Morgan fingerprint density at radius 2 is 1.74 bits per heavy atom. The number of carbonyl (C=O) groups excluding carboxylic acids is 1. The maximum absolute atomic E-state index is 12.2. The number of aromatic hydroxyl groups is 1. The van der Waals surface area contributed by atoms with Crippen molar-refractivity contribution in [1.82, 2.24) is 0 Å². The number of ether oxygens (including phenoxy) is 3. The minimum Gasteiger partial charge on any atom is -0.508 e. The van der Waals surface area contributed by atoms with E-state index < -0.39 is 43.3 Å². The molecular formula is C22H24O9. The van der Waals surface area contributed by atoms with Crippen molar-refractivity contribution in [2.24, 2.45) is 0 Å². The Bertz CT molecular complexity index is 896. The summed E-state index contributed by atoms with van der Waals surface area (Å²) >= 11 is 0. The molecule has 0 radical (unpaired) electrons. The fraction of sp³-hybridized carbons (Fsp3) is 0.318. The van der Waals surface area contributed by atoms with Crippen molar-refractivity contribution >= 4 is 12.0 Å². The molecule has 0 amide bonds. The van der Waals surface area contributed by atoms with Gasteiger partial charge in [0.1, 0.15) is 23.7 Å². The predicted octanol–water partition coefficient (Wildman–Crippen LogP) is 0.327. The maximum Gasteiger partial charge on any atom is 0.331 e. The normalized spacial score (nSPS) is 26.0. The van der Waals surface area contributed by atoms with Crippen molar-refractivity contribution in [3.05, 3.63) is 65.7 Å². The summed E-state index contributed by atoms with van der Waals surface area (Å²) in [5.41, 5.74) is 1.06. The lowest BCUT2D eigenvalue weighted by Crippen LogP contribution is -2.61. The topological polar surface area (TPSA) is 146 Å². The minimum absolute atomic E-state index is 0.0806. The Balaban J connectivity index is 1.72. The molecule has 0 spiro atoms. The number of esters is 1. The molecule has 9 nitrogen and oxygen atoms in total. The summed E-state index contributed by atoms with van der Waals surface area (Å²) in [6.07, 6.45) is -4.51. The first kappa shape index (κ1) is 22.7. The fourth-order valence-electron chi connectivity index (χ4n) is 3.09. The highest BCUT2D eigenvalue weighted by atomic mass is 16.7. The summed E-state index contributed by atoms with van der Waals surface area (Å²) in [7, 11) is 0. The van der Waals surface area contributed by atoms with E-state index in [1.54, 1.807) is 36.4 Å². The van der Waals surface area contributed by atoms with Crippen LogP contribution in [0.1, 0.15) is 11.1 Å². The maximum atomic E-state index is 12.2. The molecule has 2 aromatic rings. The van der Waals surface area contributed by atoms with Gasteiger partial charge in [0.15, 0.2) is 12.2 Å². The van der Waals surface area contributed by atoms with Crippen LogP contribution in [-0.2, 0) is 20.9 Å². The lowest BCUT2D eigenvalue weighted by atomic mass is 9.99. The first-order valence-electron chi connectivity index (χ1n) is 9.58. The van der Waals surface area contributed by atoms with Gasteiger partial charge < -0.3 is 39.7 Å². The van der Waals surface area contributed by atoms with Crippen LogP contribution in [0.5, 0.6) is 11.5 Å². The number of hydrogen-bond donors (Lipinski definition) is 5. The minimum atomic E-state index is -1.57. The average molecular weight is 432 g/mol. The number of hydrogen-bond acceptors (Lipinski definition) is 9. The molecule has 1 aliphatic heterocycles. The zero-order chi connectivity index (χ0) is 22.4. The van der Waals surface area contributed by atoms with Gasteiger partial charge in [-0.05, 0) is 29.8 Å². The Kier molecular flexibility index (Phi) is 7.61. The summed E-state index contributed by atoms with van der Waals surface area (Å²) in [5.74, 6) is -0.527. The molecule has 5 N–H and O–H groups in total. The van der Waals surface area contributed by atoms with E-state index in [0.29, 0.717) is 11.1 Å². The SMILES string of the molecule is O=C(C=Cc1ccc(O)cc1)OC1C(O)C(CO)OC(Oc2ccccc2CO)C1O. The van der Waals surface area contributed by atoms with Gasteiger partial charge in [-0.1, -0.05) is 30.3 Å². The molecule has 166 valence electrons. The summed E-state index contributed by atoms with van der Waals surface area (Å²) in [5, 5.41) is 49.2. The van der Waals surface area contributed by atoms with Gasteiger partial charge in [0.2, 0.25) is 6.29 Å². The Morgan fingerprint density at radius 3 is 2.42 bits per heavy atom. The van der Waals surface area contributed by atoms with E-state index in [1.807, 2.05) is 0 Å². The number of carbonyl (C=O) groups is 1. The number of benzene rings is 2. The number of aliphatic hydroxyl groups excluding tert-OH is 4. The van der Waals surface area contributed by atoms with Crippen molar-refractivity contribution < 1.29 is 44.5 Å². The molecule has 0 aliphatic carbocycles. The predicted molar refractivity (Wildman–Crippen MR) is 108 cm³/mol. The summed E-state index contributed by atoms with van der Waals surface area (Å²) in [6, 6.07) is 12.6. The molecule has 1 aliphatic rings. The lowest BCUT2D eigenvalue weighted by molar-refractivity contribution is -0.280. The molecule has 0 aromatic heterocycles. The number of para-hydroxylation sites is 1. The first-order valence-corrected chi connectivity index (χ1v) is 9.58. The van der Waals surface area contributed by atoms with Crippen LogP contribution < -0.4 is 4.74 Å². The van der Waals surface area contributed by atoms with Crippen molar-refractivity contribution in [1.29, 1.82) is 0 Å². The fourth-order valence-corrected chi connectivity index (χ4v) is 3.09. The van der Waals surface area contributed by atoms with Crippen LogP contribution in [0.25, 0.3) is 6.08 Å². The summed E-state index contributed by atoms with van der Waals surface area (Å²) in [6.45, 7) is -0.918. The molecule has 0 bridgehead atoms. The molecule has 5 unspecified atom stereocenters. The molecule has 31 heavy (non-hydrogen) atoms. The summed E-state index contributed by atoms with van der Waals surface area (Å²) < 4.78 is 16.3. The quantitative estimate of drug-likeness (QED) is 0.308. The largest absolute Gasteiger partial charge is 0.508 e. The highest BCUT2D eigenvalue weighted by Gasteiger charge is 2.47. The lowest BCUT2D eigenvalue weighted by Gasteiger charge is -2.41. The van der Waals surface area contributed by atoms with Crippen LogP contribution in [0.2, 0.25) is 0 Å². The van der Waals surface area contributed by atoms with E-state index in [9.17, 15) is 30.3 Å². The summed E-state index contributed by atoms with van der Waals surface area (Å²) in [4.78, 5) is 12.2. The van der Waals surface area contributed by atoms with Crippen LogP contribution in [0.3, 0.4) is 0 Å². The van der Waals surface area contributed by atoms with E-state index in [4.69, 9.17) is 14.2 Å². The molecule has 1 heterocycles. The van der Waals surface area contributed by atoms with Crippen molar-refractivity contribution in [3.8, 4) is 11.5 Å². The molecule has 1 fully saturated rings. The highest BCUT2D eigenvalue weighted by molar-refractivity contribution is 5.87. The van der Waals surface area contributed by atoms with E-state index in [-0.39, 0.29) is 18.1 Å². The molecule has 9 heteroatoms. The van der Waals surface area contributed by atoms with Gasteiger partial charge in [-0.25, -0.2) is 4.79 Å². The van der Waals surface area contributed by atoms with Crippen LogP contribution in [0.4, 0.5) is 0 Å². The second kappa shape index (κ2) is 10.4. The Labute approximate surface area is 178 Å². The molecule has 3 rings (SSSR count). The van der Waals surface area contributed by atoms with Gasteiger partial charge in [0, 0.05) is 11.6 Å². The average Bonchev–Trinajstić information content (AvgIpc) is 2.78. The molecule has 0 saturated carbocycles. The van der Waals surface area contributed by atoms with Crippen molar-refractivity contribution in [3.63, 3.8) is 0 Å². The highest BCUT2D eigenvalue weighted by Crippen LogP contribution is 2.28. The van der Waals surface area contributed by atoms with E-state index in [1.165, 1.54) is 18.2 Å². The standard InChI is InChI=1S/C22H24O9/c23-11-14-3-1-2-4-16(14)29-22-20(28)21(19(27)17(12-24)30-22)31-18(26)10-7-13-5-8-15(25)9-6-13/h1-10,17,19-25,27-28H,11-12H2. The van der Waals surface area contributed by atoms with Gasteiger partial charge in [-0.2, -0.15) is 0 Å². The molecular weight excluding hydrogens is 408 g/mol. The van der Waals surface area contributed by atoms with Crippen molar-refractivity contribution in [2.45, 2.75) is 37.3 Å². The number of phenolic OH excluding ortho intramolecular Hbond substituents is 1. The van der Waals surface area contributed by atoms with Crippen LogP contribution in [0, 0.1) is 0 Å². The molecule has 1 saturated heterocycles. The van der Waals surface area contributed by atoms with Gasteiger partial charge in [-0.15, -0.1) is 0 Å². The number of aliphatic hydroxyl groups is 4. The van der Waals surface area contributed by atoms with Crippen molar-refractivity contribution in [2.75, 3.05) is 6.61 Å². The third-order valence-electron chi connectivity index (χ3n) is 4.77. The van der Waals surface area contributed by atoms with Gasteiger partial charge in [0.25, 0.3) is 0 Å². The van der Waals surface area contributed by atoms with Gasteiger partial charge >= 0.3 is 5.97 Å². The zero-order valence-corrected chi connectivity index (χ0v) is 16.4. The van der Waals surface area contributed by atoms with Crippen LogP contribution >= 0.6 is 0 Å². The van der Waals surface area contributed by atoms with E-state index in [2.05, 4.69) is 0 Å². The number of phenols is 1. The second-order valence-electron chi connectivity index (χ2n) is 6.92. The number of rotatable bonds is 7. The Hall–Kier alpha value is -2.95. The van der Waals surface area contributed by atoms with E-state index >= 15 is 0 Å².